The van der Waals surface area contributed by atoms with E-state index in [4.69, 9.17) is 4.74 Å². The molecular weight excluding hydrogens is 284 g/mol. The van der Waals surface area contributed by atoms with Crippen LogP contribution in [0.3, 0.4) is 0 Å². The van der Waals surface area contributed by atoms with Crippen LogP contribution >= 0.6 is 11.3 Å². The van der Waals surface area contributed by atoms with Crippen molar-refractivity contribution in [2.24, 2.45) is 0 Å². The number of thiophene rings is 1. The van der Waals surface area contributed by atoms with Gasteiger partial charge in [0, 0.05) is 29.4 Å². The fourth-order valence-electron chi connectivity index (χ4n) is 2.96. The third-order valence-corrected chi connectivity index (χ3v) is 4.77. The topological polar surface area (TPSA) is 48.5 Å². The fraction of sp³-hybridized carbons (Fsp3) is 0.500. The number of ether oxygens (including phenoxy) is 1. The lowest BCUT2D eigenvalue weighted by Gasteiger charge is -2.26. The maximum absolute atomic E-state index is 10.2. The Kier molecular flexibility index (Phi) is 5.08. The van der Waals surface area contributed by atoms with Gasteiger partial charge >= 0.3 is 0 Å². The van der Waals surface area contributed by atoms with E-state index in [1.165, 1.54) is 17.0 Å². The van der Waals surface area contributed by atoms with Gasteiger partial charge in [-0.15, -0.1) is 11.3 Å². The second-order valence-electron chi connectivity index (χ2n) is 5.53. The van der Waals surface area contributed by atoms with Gasteiger partial charge in [-0.25, -0.2) is 0 Å². The summed E-state index contributed by atoms with van der Waals surface area (Å²) in [6, 6.07) is 8.64. The van der Waals surface area contributed by atoms with Crippen molar-refractivity contribution in [3.63, 3.8) is 0 Å². The number of rotatable bonds is 7. The Morgan fingerprint density at radius 1 is 1.43 bits per heavy atom. The number of aliphatic hydroxyl groups excluding tert-OH is 1. The molecule has 0 amide bonds. The first-order chi connectivity index (χ1) is 10.3. The van der Waals surface area contributed by atoms with E-state index in [-0.39, 0.29) is 0 Å². The summed E-state index contributed by atoms with van der Waals surface area (Å²) in [5.74, 6) is 0. The maximum Gasteiger partial charge on any atom is 0.0900 e. The van der Waals surface area contributed by atoms with Gasteiger partial charge in [0.15, 0.2) is 0 Å². The quantitative estimate of drug-likeness (QED) is 0.827. The molecule has 2 unspecified atom stereocenters. The highest BCUT2D eigenvalue weighted by Gasteiger charge is 2.28. The summed E-state index contributed by atoms with van der Waals surface area (Å²) in [6.45, 7) is 2.71. The lowest BCUT2D eigenvalue weighted by atomic mass is 10.1. The highest BCUT2D eigenvalue weighted by atomic mass is 32.1. The zero-order chi connectivity index (χ0) is 14.5. The van der Waals surface area contributed by atoms with Gasteiger partial charge in [-0.1, -0.05) is 6.07 Å². The van der Waals surface area contributed by atoms with Crippen LogP contribution in [0, 0.1) is 0 Å². The molecular formula is C16H22N2O2S. The predicted octanol–water partition coefficient (Wildman–Crippen LogP) is 2.79. The SMILES string of the molecule is OC(COCc1cccs1)CN1CCCC1c1ccc[nH]1. The van der Waals surface area contributed by atoms with Crippen LogP contribution in [-0.2, 0) is 11.3 Å². The number of H-pyrrole nitrogens is 1. The van der Waals surface area contributed by atoms with Crippen LogP contribution in [0.2, 0.25) is 0 Å². The molecule has 21 heavy (non-hydrogen) atoms. The van der Waals surface area contributed by atoms with Crippen LogP contribution in [0.1, 0.15) is 29.5 Å². The van der Waals surface area contributed by atoms with E-state index >= 15 is 0 Å². The molecule has 0 spiro atoms. The number of aromatic nitrogens is 1. The molecule has 1 aliphatic heterocycles. The zero-order valence-electron chi connectivity index (χ0n) is 12.1. The van der Waals surface area contributed by atoms with Crippen LogP contribution in [0.5, 0.6) is 0 Å². The van der Waals surface area contributed by atoms with Gasteiger partial charge in [-0.2, -0.15) is 0 Å². The van der Waals surface area contributed by atoms with Gasteiger partial charge in [0.1, 0.15) is 0 Å². The van der Waals surface area contributed by atoms with Crippen molar-refractivity contribution in [2.75, 3.05) is 19.7 Å². The first-order valence-corrected chi connectivity index (χ1v) is 8.36. The molecule has 5 heteroatoms. The summed E-state index contributed by atoms with van der Waals surface area (Å²) in [6.07, 6.45) is 3.88. The average Bonchev–Trinajstić information content (AvgIpc) is 3.20. The number of aliphatic hydroxyl groups is 1. The molecule has 114 valence electrons. The highest BCUT2D eigenvalue weighted by Crippen LogP contribution is 2.30. The summed E-state index contributed by atoms with van der Waals surface area (Å²) >= 11 is 1.68. The number of aromatic amines is 1. The van der Waals surface area contributed by atoms with Crippen molar-refractivity contribution in [1.29, 1.82) is 0 Å². The molecule has 3 heterocycles. The summed E-state index contributed by atoms with van der Waals surface area (Å²) < 4.78 is 5.60. The van der Waals surface area contributed by atoms with E-state index in [1.807, 2.05) is 23.7 Å². The van der Waals surface area contributed by atoms with E-state index < -0.39 is 6.10 Å². The molecule has 2 aromatic heterocycles. The largest absolute Gasteiger partial charge is 0.389 e. The maximum atomic E-state index is 10.2. The lowest BCUT2D eigenvalue weighted by molar-refractivity contribution is 0.00827. The molecule has 2 N–H and O–H groups in total. The number of hydrogen-bond acceptors (Lipinski definition) is 4. The summed E-state index contributed by atoms with van der Waals surface area (Å²) in [5, 5.41) is 12.2. The molecule has 0 radical (unpaired) electrons. The van der Waals surface area contributed by atoms with Gasteiger partial charge < -0.3 is 14.8 Å². The third-order valence-electron chi connectivity index (χ3n) is 3.92. The Morgan fingerprint density at radius 2 is 2.38 bits per heavy atom. The molecule has 0 aliphatic carbocycles. The second kappa shape index (κ2) is 7.22. The molecule has 1 saturated heterocycles. The molecule has 1 aliphatic rings. The van der Waals surface area contributed by atoms with E-state index in [2.05, 4.69) is 22.0 Å². The summed E-state index contributed by atoms with van der Waals surface area (Å²) in [4.78, 5) is 6.84. The van der Waals surface area contributed by atoms with Crippen LogP contribution in [0.25, 0.3) is 0 Å². The molecule has 1 fully saturated rings. The normalized spacial score (nSPS) is 20.9. The zero-order valence-corrected chi connectivity index (χ0v) is 12.9. The van der Waals surface area contributed by atoms with Gasteiger partial charge in [-0.3, -0.25) is 4.90 Å². The number of likely N-dealkylation sites (tertiary alicyclic amines) is 1. The molecule has 3 rings (SSSR count). The Bertz CT molecular complexity index is 512. The molecule has 0 saturated carbocycles. The van der Waals surface area contributed by atoms with Crippen molar-refractivity contribution < 1.29 is 9.84 Å². The van der Waals surface area contributed by atoms with Crippen LogP contribution < -0.4 is 0 Å². The van der Waals surface area contributed by atoms with E-state index in [9.17, 15) is 5.11 Å². The average molecular weight is 306 g/mol. The first kappa shape index (κ1) is 14.8. The number of nitrogens with one attached hydrogen (secondary N) is 1. The number of β-amino-alcohol motifs (C(OH)–C–C–N with tert-alkyl or cyclic N) is 1. The van der Waals surface area contributed by atoms with E-state index in [1.54, 1.807) is 11.3 Å². The van der Waals surface area contributed by atoms with Gasteiger partial charge in [0.05, 0.1) is 19.3 Å². The van der Waals surface area contributed by atoms with Crippen molar-refractivity contribution in [1.82, 2.24) is 9.88 Å². The predicted molar refractivity (Wildman–Crippen MR) is 84.3 cm³/mol. The fourth-order valence-corrected chi connectivity index (χ4v) is 3.60. The molecule has 4 nitrogen and oxygen atoms in total. The van der Waals surface area contributed by atoms with Gasteiger partial charge in [0.25, 0.3) is 0 Å². The Hall–Kier alpha value is -1.14. The van der Waals surface area contributed by atoms with Crippen LogP contribution in [-0.4, -0.2) is 40.8 Å². The standard InChI is InChI=1S/C16H22N2O2S/c19-13(11-20-12-14-4-3-9-21-14)10-18-8-2-6-16(18)15-5-1-7-17-15/h1,3-5,7,9,13,16-17,19H,2,6,8,10-12H2. The lowest BCUT2D eigenvalue weighted by Crippen LogP contribution is -2.34. The van der Waals surface area contributed by atoms with Crippen molar-refractivity contribution in [2.45, 2.75) is 31.6 Å². The number of nitrogens with zero attached hydrogens (tertiary/aromatic N) is 1. The monoisotopic (exact) mass is 306 g/mol. The molecule has 0 aromatic carbocycles. The number of hydrogen-bond donors (Lipinski definition) is 2. The van der Waals surface area contributed by atoms with Crippen LogP contribution in [0.15, 0.2) is 35.8 Å². The molecule has 2 aromatic rings. The Labute approximate surface area is 129 Å². The highest BCUT2D eigenvalue weighted by molar-refractivity contribution is 7.09. The third kappa shape index (κ3) is 3.95. The smallest absolute Gasteiger partial charge is 0.0900 e. The van der Waals surface area contributed by atoms with Crippen molar-refractivity contribution >= 4 is 11.3 Å². The minimum Gasteiger partial charge on any atom is -0.389 e. The first-order valence-electron chi connectivity index (χ1n) is 7.48. The Balaban J connectivity index is 1.44. The molecule has 0 bridgehead atoms. The van der Waals surface area contributed by atoms with E-state index in [0.717, 1.165) is 13.0 Å². The van der Waals surface area contributed by atoms with Gasteiger partial charge in [0.2, 0.25) is 0 Å². The second-order valence-corrected chi connectivity index (χ2v) is 6.56. The van der Waals surface area contributed by atoms with Gasteiger partial charge in [-0.05, 0) is 43.0 Å². The van der Waals surface area contributed by atoms with Crippen molar-refractivity contribution in [3.8, 4) is 0 Å². The minimum absolute atomic E-state index is 0.395. The molecule has 2 atom stereocenters. The summed E-state index contributed by atoms with van der Waals surface area (Å²) in [7, 11) is 0. The summed E-state index contributed by atoms with van der Waals surface area (Å²) in [5.41, 5.74) is 1.25. The van der Waals surface area contributed by atoms with Crippen LogP contribution in [0.4, 0.5) is 0 Å². The van der Waals surface area contributed by atoms with E-state index in [0.29, 0.717) is 25.8 Å². The van der Waals surface area contributed by atoms with Crippen molar-refractivity contribution in [3.05, 3.63) is 46.4 Å². The Morgan fingerprint density at radius 3 is 3.14 bits per heavy atom. The minimum atomic E-state index is -0.430.